The average molecular weight is 392 g/mol. The van der Waals surface area contributed by atoms with Crippen molar-refractivity contribution in [2.75, 3.05) is 24.9 Å². The van der Waals surface area contributed by atoms with Crippen LogP contribution in [-0.2, 0) is 4.79 Å². The van der Waals surface area contributed by atoms with Crippen molar-refractivity contribution in [3.8, 4) is 11.5 Å². The van der Waals surface area contributed by atoms with Crippen molar-refractivity contribution in [1.29, 1.82) is 0 Å². The molecule has 9 nitrogen and oxygen atoms in total. The molecular formula is C20H20N6O3. The van der Waals surface area contributed by atoms with E-state index in [9.17, 15) is 4.79 Å². The summed E-state index contributed by atoms with van der Waals surface area (Å²) in [6.07, 6.45) is 4.68. The number of allylic oxidation sites excluding steroid dienone is 1. The molecule has 9 heteroatoms. The minimum absolute atomic E-state index is 0.271. The summed E-state index contributed by atoms with van der Waals surface area (Å²) in [6, 6.07) is 8.47. The second-order valence-electron chi connectivity index (χ2n) is 6.40. The summed E-state index contributed by atoms with van der Waals surface area (Å²) in [6.45, 7) is 1.83. The lowest BCUT2D eigenvalue weighted by Crippen LogP contribution is -2.31. The average Bonchev–Trinajstić information content (AvgIpc) is 3.21. The summed E-state index contributed by atoms with van der Waals surface area (Å²) >= 11 is 0. The van der Waals surface area contributed by atoms with E-state index in [2.05, 4.69) is 25.7 Å². The van der Waals surface area contributed by atoms with Gasteiger partial charge in [0, 0.05) is 23.5 Å². The van der Waals surface area contributed by atoms with E-state index in [1.165, 1.54) is 6.33 Å². The molecule has 2 aromatic heterocycles. The number of nitrogens with zero attached hydrogens (tertiary/aromatic N) is 4. The van der Waals surface area contributed by atoms with Crippen molar-refractivity contribution in [1.82, 2.24) is 19.7 Å². The monoisotopic (exact) mass is 392 g/mol. The van der Waals surface area contributed by atoms with Crippen LogP contribution >= 0.6 is 0 Å². The normalized spacial score (nSPS) is 15.3. The third kappa shape index (κ3) is 3.38. The zero-order valence-electron chi connectivity index (χ0n) is 16.2. The van der Waals surface area contributed by atoms with Crippen molar-refractivity contribution in [3.05, 3.63) is 65.9 Å². The number of fused-ring (bicyclic) bond motifs is 1. The summed E-state index contributed by atoms with van der Waals surface area (Å²) in [5.41, 5.74) is 2.53. The van der Waals surface area contributed by atoms with Gasteiger partial charge in [-0.1, -0.05) is 0 Å². The van der Waals surface area contributed by atoms with E-state index in [0.717, 1.165) is 5.56 Å². The van der Waals surface area contributed by atoms with Crippen LogP contribution < -0.4 is 20.1 Å². The molecule has 0 spiro atoms. The van der Waals surface area contributed by atoms with Crippen LogP contribution in [0, 0.1) is 0 Å². The van der Waals surface area contributed by atoms with Gasteiger partial charge in [0.1, 0.15) is 23.9 Å². The first-order chi connectivity index (χ1) is 14.1. The molecule has 148 valence electrons. The Hall–Kier alpha value is -3.88. The van der Waals surface area contributed by atoms with Crippen LogP contribution in [0.5, 0.6) is 11.5 Å². The molecule has 1 amide bonds. The molecular weight excluding hydrogens is 372 g/mol. The van der Waals surface area contributed by atoms with Gasteiger partial charge in [-0.25, -0.2) is 4.68 Å². The molecule has 3 heterocycles. The topological polar surface area (TPSA) is 103 Å². The number of carbonyl (C=O) groups excluding carboxylic acids is 1. The number of rotatable bonds is 5. The maximum Gasteiger partial charge on any atom is 0.255 e. The summed E-state index contributed by atoms with van der Waals surface area (Å²) in [5.74, 6) is 1.51. The predicted octanol–water partition coefficient (Wildman–Crippen LogP) is 2.62. The summed E-state index contributed by atoms with van der Waals surface area (Å²) in [5, 5.41) is 10.4. The van der Waals surface area contributed by atoms with Gasteiger partial charge >= 0.3 is 0 Å². The zero-order chi connectivity index (χ0) is 20.4. The van der Waals surface area contributed by atoms with Gasteiger partial charge in [0.25, 0.3) is 5.91 Å². The van der Waals surface area contributed by atoms with Crippen LogP contribution in [0.2, 0.25) is 0 Å². The number of anilines is 2. The smallest absolute Gasteiger partial charge is 0.255 e. The molecule has 1 aliphatic rings. The van der Waals surface area contributed by atoms with Crippen LogP contribution in [0.1, 0.15) is 18.5 Å². The Morgan fingerprint density at radius 1 is 1.24 bits per heavy atom. The molecule has 0 saturated heterocycles. The summed E-state index contributed by atoms with van der Waals surface area (Å²) < 4.78 is 12.6. The van der Waals surface area contributed by atoms with Gasteiger partial charge < -0.3 is 20.1 Å². The molecule has 3 aromatic rings. The number of nitrogens with one attached hydrogen (secondary N) is 2. The van der Waals surface area contributed by atoms with E-state index in [-0.39, 0.29) is 5.91 Å². The molecule has 2 N–H and O–H groups in total. The molecule has 0 saturated carbocycles. The first-order valence-electron chi connectivity index (χ1n) is 8.93. The third-order valence-electron chi connectivity index (χ3n) is 4.69. The molecule has 29 heavy (non-hydrogen) atoms. The molecule has 1 aromatic carbocycles. The molecule has 1 atom stereocenters. The Kier molecular flexibility index (Phi) is 4.86. The number of hydrogen-bond donors (Lipinski definition) is 2. The van der Waals surface area contributed by atoms with Gasteiger partial charge in [-0.2, -0.15) is 10.1 Å². The van der Waals surface area contributed by atoms with Crippen molar-refractivity contribution < 1.29 is 14.3 Å². The highest BCUT2D eigenvalue weighted by Gasteiger charge is 2.35. The Balaban J connectivity index is 1.82. The van der Waals surface area contributed by atoms with Crippen LogP contribution in [0.15, 0.2) is 60.3 Å². The number of carbonyl (C=O) groups is 1. The first-order valence-corrected chi connectivity index (χ1v) is 8.93. The van der Waals surface area contributed by atoms with Gasteiger partial charge in [-0.3, -0.25) is 9.78 Å². The van der Waals surface area contributed by atoms with Crippen molar-refractivity contribution >= 4 is 17.5 Å². The molecule has 1 aliphatic heterocycles. The third-order valence-corrected chi connectivity index (χ3v) is 4.69. The maximum atomic E-state index is 13.3. The second kappa shape index (κ2) is 7.63. The number of amides is 1. The minimum atomic E-state index is -0.536. The highest BCUT2D eigenvalue weighted by molar-refractivity contribution is 6.06. The fourth-order valence-corrected chi connectivity index (χ4v) is 3.35. The number of hydrogen-bond acceptors (Lipinski definition) is 7. The van der Waals surface area contributed by atoms with Gasteiger partial charge in [0.05, 0.1) is 31.7 Å². The van der Waals surface area contributed by atoms with Gasteiger partial charge in [0.15, 0.2) is 0 Å². The van der Waals surface area contributed by atoms with Crippen molar-refractivity contribution in [3.63, 3.8) is 0 Å². The van der Waals surface area contributed by atoms with Crippen LogP contribution in [0.25, 0.3) is 0 Å². The number of pyridine rings is 1. The highest BCUT2D eigenvalue weighted by atomic mass is 16.5. The molecule has 0 radical (unpaired) electrons. The maximum absolute atomic E-state index is 13.3. The first kappa shape index (κ1) is 18.5. The lowest BCUT2D eigenvalue weighted by atomic mass is 9.94. The van der Waals surface area contributed by atoms with Crippen LogP contribution in [0.3, 0.4) is 0 Å². The van der Waals surface area contributed by atoms with Crippen molar-refractivity contribution in [2.45, 2.75) is 13.0 Å². The minimum Gasteiger partial charge on any atom is -0.497 e. The molecule has 1 unspecified atom stereocenters. The zero-order valence-corrected chi connectivity index (χ0v) is 16.2. The van der Waals surface area contributed by atoms with E-state index in [1.54, 1.807) is 49.5 Å². The fourth-order valence-electron chi connectivity index (χ4n) is 3.35. The fraction of sp³-hybridized carbons (Fsp3) is 0.200. The predicted molar refractivity (Wildman–Crippen MR) is 107 cm³/mol. The SMILES string of the molecule is COc1ccc(C2C(C(=O)Nc3cccnc3)=C(C)Nc3ncnn32)c(OC)c1. The van der Waals surface area contributed by atoms with Crippen LogP contribution in [-0.4, -0.2) is 39.9 Å². The number of aromatic nitrogens is 4. The Morgan fingerprint density at radius 3 is 2.83 bits per heavy atom. The van der Waals surface area contributed by atoms with E-state index in [0.29, 0.717) is 34.4 Å². The van der Waals surface area contributed by atoms with Gasteiger partial charge in [0.2, 0.25) is 5.95 Å². The lowest BCUT2D eigenvalue weighted by Gasteiger charge is -2.29. The molecule has 0 fully saturated rings. The van der Waals surface area contributed by atoms with E-state index in [4.69, 9.17) is 9.47 Å². The molecule has 0 bridgehead atoms. The Labute approximate surface area is 167 Å². The summed E-state index contributed by atoms with van der Waals surface area (Å²) in [7, 11) is 3.17. The lowest BCUT2D eigenvalue weighted by molar-refractivity contribution is -0.113. The summed E-state index contributed by atoms with van der Waals surface area (Å²) in [4.78, 5) is 21.5. The second-order valence-corrected chi connectivity index (χ2v) is 6.40. The molecule has 4 rings (SSSR count). The molecule has 0 aliphatic carbocycles. The van der Waals surface area contributed by atoms with E-state index in [1.807, 2.05) is 19.1 Å². The Morgan fingerprint density at radius 2 is 2.10 bits per heavy atom. The van der Waals surface area contributed by atoms with E-state index < -0.39 is 6.04 Å². The quantitative estimate of drug-likeness (QED) is 0.688. The largest absolute Gasteiger partial charge is 0.497 e. The van der Waals surface area contributed by atoms with Crippen molar-refractivity contribution in [2.24, 2.45) is 0 Å². The standard InChI is InChI=1S/C20H20N6O3/c1-12-17(19(27)25-13-5-4-8-21-10-13)18(26-20(24-12)22-11-23-26)15-7-6-14(28-2)9-16(15)29-3/h4-11,18H,1-3H3,(H,25,27)(H,22,23,24). The van der Waals surface area contributed by atoms with Gasteiger partial charge in [-0.05, 0) is 31.2 Å². The van der Waals surface area contributed by atoms with Gasteiger partial charge in [-0.15, -0.1) is 0 Å². The number of ether oxygens (including phenoxy) is 2. The Bertz CT molecular complexity index is 1080. The number of methoxy groups -OCH3 is 2. The number of benzene rings is 1. The highest BCUT2D eigenvalue weighted by Crippen LogP contribution is 2.40. The van der Waals surface area contributed by atoms with E-state index >= 15 is 0 Å². The van der Waals surface area contributed by atoms with Crippen LogP contribution in [0.4, 0.5) is 11.6 Å².